The number of hydrogen-bond donors (Lipinski definition) is 0. The van der Waals surface area contributed by atoms with Crippen molar-refractivity contribution >= 4 is 0 Å². The molecule has 6 unspecified atom stereocenters. The summed E-state index contributed by atoms with van der Waals surface area (Å²) in [4.78, 5) is 0. The van der Waals surface area contributed by atoms with Gasteiger partial charge in [0.1, 0.15) is 5.75 Å². The zero-order chi connectivity index (χ0) is 27.1. The van der Waals surface area contributed by atoms with Gasteiger partial charge < -0.3 is 9.47 Å². The Kier molecular flexibility index (Phi) is 11.4. The van der Waals surface area contributed by atoms with Crippen molar-refractivity contribution in [3.63, 3.8) is 0 Å². The van der Waals surface area contributed by atoms with Crippen LogP contribution < -0.4 is 4.74 Å². The third-order valence-electron chi connectivity index (χ3n) is 9.68. The van der Waals surface area contributed by atoms with E-state index in [1.807, 2.05) is 0 Å². The van der Waals surface area contributed by atoms with E-state index >= 15 is 0 Å². The lowest BCUT2D eigenvalue weighted by molar-refractivity contribution is -0.194. The number of rotatable bonds is 14. The molecule has 0 spiro atoms. The first-order chi connectivity index (χ1) is 17.6. The molecule has 0 aliphatic heterocycles. The van der Waals surface area contributed by atoms with Crippen molar-refractivity contribution in [3.05, 3.63) is 29.8 Å². The maximum Gasteiger partial charge on any atom is 0.205 e. The summed E-state index contributed by atoms with van der Waals surface area (Å²) >= 11 is 0. The fourth-order valence-corrected chi connectivity index (χ4v) is 7.61. The van der Waals surface area contributed by atoms with Gasteiger partial charge in [-0.05, 0) is 91.2 Å². The van der Waals surface area contributed by atoms with Crippen LogP contribution in [0.2, 0.25) is 0 Å². The zero-order valence-electron chi connectivity index (χ0n) is 25.8. The van der Waals surface area contributed by atoms with Crippen LogP contribution in [0.1, 0.15) is 144 Å². The number of hydrogen-bond acceptors (Lipinski definition) is 2. The molecule has 0 heterocycles. The van der Waals surface area contributed by atoms with Gasteiger partial charge in [0.2, 0.25) is 6.29 Å². The average molecular weight is 513 g/mol. The lowest BCUT2D eigenvalue weighted by Gasteiger charge is -2.51. The molecule has 1 aromatic carbocycles. The molecular formula is C35H60O2. The van der Waals surface area contributed by atoms with E-state index in [2.05, 4.69) is 79.7 Å². The summed E-state index contributed by atoms with van der Waals surface area (Å²) < 4.78 is 13.7. The molecule has 2 saturated carbocycles. The minimum Gasteiger partial charge on any atom is -0.464 e. The van der Waals surface area contributed by atoms with E-state index in [1.54, 1.807) is 0 Å². The van der Waals surface area contributed by atoms with E-state index in [0.29, 0.717) is 17.3 Å². The fraction of sp³-hybridized carbons (Fsp3) is 0.829. The predicted octanol–water partition coefficient (Wildman–Crippen LogP) is 10.8. The summed E-state index contributed by atoms with van der Waals surface area (Å²) in [5, 5.41) is 0. The van der Waals surface area contributed by atoms with Gasteiger partial charge in [-0.3, -0.25) is 0 Å². The topological polar surface area (TPSA) is 18.5 Å². The Morgan fingerprint density at radius 2 is 1.73 bits per heavy atom. The molecule has 1 aromatic rings. The molecule has 6 atom stereocenters. The zero-order valence-corrected chi connectivity index (χ0v) is 25.8. The Labute approximate surface area is 230 Å². The van der Waals surface area contributed by atoms with Crippen molar-refractivity contribution in [2.75, 3.05) is 6.61 Å². The van der Waals surface area contributed by atoms with Gasteiger partial charge in [0.15, 0.2) is 0 Å². The normalized spacial score (nSPS) is 26.6. The minimum atomic E-state index is -0.120. The SMILES string of the molecule is CCCC(CC)CCOC(Oc1ccc(C(CC(C)(C)C)C(C)C)cc1)C12CCCC(CC(CC)C1)C2. The average Bonchev–Trinajstić information content (AvgIpc) is 2.85. The molecule has 0 amide bonds. The Bertz CT molecular complexity index is 775. The molecule has 0 saturated heterocycles. The van der Waals surface area contributed by atoms with Crippen molar-refractivity contribution in [1.29, 1.82) is 0 Å². The Morgan fingerprint density at radius 1 is 1.00 bits per heavy atom. The standard InChI is InChI=1S/C35H60O2/c1-9-13-27(10-2)19-21-36-33(35-20-12-14-29(24-35)22-28(11-3)23-35)37-31-17-15-30(16-18-31)32(26(4)5)25-34(6,7)8/h15-18,26-29,32-33H,9-14,19-25H2,1-8H3. The van der Waals surface area contributed by atoms with Crippen LogP contribution in [0, 0.1) is 34.5 Å². The summed E-state index contributed by atoms with van der Waals surface area (Å²) in [5.41, 5.74) is 1.95. The quantitative estimate of drug-likeness (QED) is 0.231. The van der Waals surface area contributed by atoms with Crippen LogP contribution in [0.25, 0.3) is 0 Å². The van der Waals surface area contributed by atoms with E-state index in [9.17, 15) is 0 Å². The molecule has 0 radical (unpaired) electrons. The van der Waals surface area contributed by atoms with Crippen LogP contribution >= 0.6 is 0 Å². The summed E-state index contributed by atoms with van der Waals surface area (Å²) in [6.07, 6.45) is 15.3. The fourth-order valence-electron chi connectivity index (χ4n) is 7.61. The summed E-state index contributed by atoms with van der Waals surface area (Å²) in [5.74, 6) is 4.64. The van der Waals surface area contributed by atoms with E-state index in [0.717, 1.165) is 36.5 Å². The summed E-state index contributed by atoms with van der Waals surface area (Å²) in [6.45, 7) is 19.6. The highest BCUT2D eigenvalue weighted by Crippen LogP contribution is 2.54. The first-order valence-corrected chi connectivity index (χ1v) is 16.0. The van der Waals surface area contributed by atoms with Crippen LogP contribution in [0.4, 0.5) is 0 Å². The van der Waals surface area contributed by atoms with Crippen LogP contribution in [-0.4, -0.2) is 12.9 Å². The van der Waals surface area contributed by atoms with Gasteiger partial charge in [0.25, 0.3) is 0 Å². The number of fused-ring (bicyclic) bond motifs is 2. The molecule has 2 nitrogen and oxygen atoms in total. The van der Waals surface area contributed by atoms with E-state index < -0.39 is 0 Å². The second kappa shape index (κ2) is 13.9. The van der Waals surface area contributed by atoms with E-state index in [4.69, 9.17) is 9.47 Å². The van der Waals surface area contributed by atoms with Crippen LogP contribution in [0.5, 0.6) is 5.75 Å². The lowest BCUT2D eigenvalue weighted by atomic mass is 9.58. The maximum atomic E-state index is 6.87. The van der Waals surface area contributed by atoms with Crippen LogP contribution in [-0.2, 0) is 4.74 Å². The second-order valence-electron chi connectivity index (χ2n) is 14.4. The highest BCUT2D eigenvalue weighted by molar-refractivity contribution is 5.30. The molecule has 0 aromatic heterocycles. The molecule has 0 N–H and O–H groups in total. The number of ether oxygens (including phenoxy) is 2. The Balaban J connectivity index is 1.79. The van der Waals surface area contributed by atoms with Gasteiger partial charge in [-0.25, -0.2) is 0 Å². The smallest absolute Gasteiger partial charge is 0.205 e. The largest absolute Gasteiger partial charge is 0.464 e. The van der Waals surface area contributed by atoms with Gasteiger partial charge in [0.05, 0.1) is 6.61 Å². The molecule has 212 valence electrons. The molecule has 2 fully saturated rings. The first kappa shape index (κ1) is 30.5. The van der Waals surface area contributed by atoms with Crippen molar-refractivity contribution in [2.24, 2.45) is 34.5 Å². The van der Waals surface area contributed by atoms with Crippen molar-refractivity contribution < 1.29 is 9.47 Å². The molecule has 3 rings (SSSR count). The van der Waals surface area contributed by atoms with Gasteiger partial charge in [-0.1, -0.05) is 106 Å². The van der Waals surface area contributed by atoms with Crippen molar-refractivity contribution in [3.8, 4) is 5.75 Å². The van der Waals surface area contributed by atoms with E-state index in [1.165, 1.54) is 76.2 Å². The maximum absolute atomic E-state index is 6.87. The monoisotopic (exact) mass is 512 g/mol. The Hall–Kier alpha value is -1.02. The molecular weight excluding hydrogens is 452 g/mol. The molecule has 2 bridgehead atoms. The number of benzene rings is 1. The predicted molar refractivity (Wildman–Crippen MR) is 159 cm³/mol. The lowest BCUT2D eigenvalue weighted by Crippen LogP contribution is -2.49. The molecule has 2 aliphatic carbocycles. The van der Waals surface area contributed by atoms with Crippen LogP contribution in [0.3, 0.4) is 0 Å². The van der Waals surface area contributed by atoms with Gasteiger partial charge in [-0.2, -0.15) is 0 Å². The van der Waals surface area contributed by atoms with Gasteiger partial charge in [0, 0.05) is 5.41 Å². The summed E-state index contributed by atoms with van der Waals surface area (Å²) in [7, 11) is 0. The third-order valence-corrected chi connectivity index (χ3v) is 9.68. The van der Waals surface area contributed by atoms with Gasteiger partial charge in [-0.15, -0.1) is 0 Å². The highest BCUT2D eigenvalue weighted by Gasteiger charge is 2.49. The molecule has 37 heavy (non-hydrogen) atoms. The summed E-state index contributed by atoms with van der Waals surface area (Å²) in [6, 6.07) is 9.11. The van der Waals surface area contributed by atoms with Crippen molar-refractivity contribution in [1.82, 2.24) is 0 Å². The third kappa shape index (κ3) is 8.74. The molecule has 2 heteroatoms. The van der Waals surface area contributed by atoms with Crippen LogP contribution in [0.15, 0.2) is 24.3 Å². The Morgan fingerprint density at radius 3 is 2.32 bits per heavy atom. The van der Waals surface area contributed by atoms with Crippen molar-refractivity contribution in [2.45, 2.75) is 145 Å². The molecule has 2 aliphatic rings. The second-order valence-corrected chi connectivity index (χ2v) is 14.4. The van der Waals surface area contributed by atoms with E-state index in [-0.39, 0.29) is 11.7 Å². The minimum absolute atomic E-state index is 0.120. The highest BCUT2D eigenvalue weighted by atomic mass is 16.7. The first-order valence-electron chi connectivity index (χ1n) is 16.0. The van der Waals surface area contributed by atoms with Gasteiger partial charge >= 0.3 is 0 Å².